The summed E-state index contributed by atoms with van der Waals surface area (Å²) in [5.41, 5.74) is 5.00. The molecule has 6 rings (SSSR count). The summed E-state index contributed by atoms with van der Waals surface area (Å²) in [5, 5.41) is 11.9. The molecule has 1 fully saturated rings. The van der Waals surface area contributed by atoms with Crippen molar-refractivity contribution in [3.63, 3.8) is 0 Å². The largest absolute Gasteiger partial charge is 0.491 e. The summed E-state index contributed by atoms with van der Waals surface area (Å²) in [6, 6.07) is 31.9. The fourth-order valence-electron chi connectivity index (χ4n) is 6.56. The first kappa shape index (κ1) is 35.6. The zero-order valence-corrected chi connectivity index (χ0v) is 31.0. The quantitative estimate of drug-likeness (QED) is 0.138. The molecule has 1 unspecified atom stereocenters. The van der Waals surface area contributed by atoms with Crippen LogP contribution in [0.15, 0.2) is 102 Å². The van der Waals surface area contributed by atoms with Crippen molar-refractivity contribution in [2.45, 2.75) is 76.1 Å². The first-order valence-corrected chi connectivity index (χ1v) is 18.4. The second-order valence-electron chi connectivity index (χ2n) is 14.8. The van der Waals surface area contributed by atoms with Crippen LogP contribution in [0, 0.1) is 5.41 Å². The number of aliphatic carboxylic acids is 1. The molecule has 5 aromatic rings. The van der Waals surface area contributed by atoms with E-state index >= 15 is 0 Å². The molecule has 8 heteroatoms. The Kier molecular flexibility index (Phi) is 10.4. The number of halogens is 1. The van der Waals surface area contributed by atoms with Crippen molar-refractivity contribution in [3.05, 3.63) is 119 Å². The minimum absolute atomic E-state index is 0.0278. The number of carbonyl (C=O) groups excluding carboxylic acids is 1. The molecule has 1 atom stereocenters. The highest BCUT2D eigenvalue weighted by atomic mass is 35.5. The van der Waals surface area contributed by atoms with E-state index in [-0.39, 0.29) is 16.7 Å². The van der Waals surface area contributed by atoms with Crippen molar-refractivity contribution < 1.29 is 19.4 Å². The molecule has 0 saturated carbocycles. The lowest BCUT2D eigenvalue weighted by atomic mass is 9.88. The fourth-order valence-corrected chi connectivity index (χ4v) is 7.87. The third-order valence-corrected chi connectivity index (χ3v) is 10.8. The van der Waals surface area contributed by atoms with Crippen molar-refractivity contribution >= 4 is 46.1 Å². The number of nitrogens with zero attached hydrogens (tertiary/aromatic N) is 2. The van der Waals surface area contributed by atoms with E-state index in [0.29, 0.717) is 36.7 Å². The first-order valence-electron chi connectivity index (χ1n) is 17.2. The Morgan fingerprint density at radius 1 is 0.900 bits per heavy atom. The highest BCUT2D eigenvalue weighted by Crippen LogP contribution is 2.44. The van der Waals surface area contributed by atoms with Gasteiger partial charge in [0.25, 0.3) is 5.91 Å². The molecule has 1 aliphatic heterocycles. The Morgan fingerprint density at radius 2 is 1.58 bits per heavy atom. The standard InChI is InChI=1S/C42H45ClN2O4S/c1-41(2,3)50-38-35-24-34(21-22-36(35)45(26-28-13-19-32(43)20-14-28)37(38)25-42(4,5)40(47)48)49-27-33-12-9-23-44(33)39(46)31-17-15-30(16-18-31)29-10-7-6-8-11-29/h6-8,10-11,13-22,24,33H,9,12,23,25-27H2,1-5H3,(H,47,48). The highest BCUT2D eigenvalue weighted by Gasteiger charge is 2.33. The number of amides is 1. The molecule has 1 amide bonds. The lowest BCUT2D eigenvalue weighted by Gasteiger charge is -2.25. The number of fused-ring (bicyclic) bond motifs is 1. The van der Waals surface area contributed by atoms with E-state index in [1.165, 1.54) is 0 Å². The van der Waals surface area contributed by atoms with Crippen LogP contribution in [0.4, 0.5) is 0 Å². The Bertz CT molecular complexity index is 1980. The summed E-state index contributed by atoms with van der Waals surface area (Å²) in [4.78, 5) is 29.0. The van der Waals surface area contributed by atoms with Crippen LogP contribution in [-0.4, -0.2) is 50.4 Å². The van der Waals surface area contributed by atoms with Crippen LogP contribution in [-0.2, 0) is 17.8 Å². The van der Waals surface area contributed by atoms with Gasteiger partial charge < -0.3 is 19.3 Å². The molecule has 1 saturated heterocycles. The second kappa shape index (κ2) is 14.6. The topological polar surface area (TPSA) is 71.8 Å². The average Bonchev–Trinajstić information content (AvgIpc) is 3.66. The van der Waals surface area contributed by atoms with Gasteiger partial charge in [-0.1, -0.05) is 87.0 Å². The van der Waals surface area contributed by atoms with Gasteiger partial charge in [0.1, 0.15) is 12.4 Å². The van der Waals surface area contributed by atoms with Crippen LogP contribution in [0.1, 0.15) is 69.1 Å². The summed E-state index contributed by atoms with van der Waals surface area (Å²) < 4.78 is 8.60. The van der Waals surface area contributed by atoms with Crippen LogP contribution in [0.5, 0.6) is 5.75 Å². The molecular formula is C42H45ClN2O4S. The molecule has 2 heterocycles. The number of ether oxygens (including phenoxy) is 1. The summed E-state index contributed by atoms with van der Waals surface area (Å²) >= 11 is 7.96. The van der Waals surface area contributed by atoms with Crippen LogP contribution >= 0.6 is 23.4 Å². The maximum absolute atomic E-state index is 13.7. The second-order valence-corrected chi connectivity index (χ2v) is 17.1. The van der Waals surface area contributed by atoms with Gasteiger partial charge in [0, 0.05) is 56.3 Å². The third kappa shape index (κ3) is 8.06. The van der Waals surface area contributed by atoms with E-state index in [2.05, 4.69) is 49.6 Å². The number of likely N-dealkylation sites (tertiary alicyclic amines) is 1. The van der Waals surface area contributed by atoms with Crippen molar-refractivity contribution in [1.82, 2.24) is 9.47 Å². The lowest BCUT2D eigenvalue weighted by Crippen LogP contribution is -2.39. The van der Waals surface area contributed by atoms with Gasteiger partial charge >= 0.3 is 5.97 Å². The molecule has 6 nitrogen and oxygen atoms in total. The smallest absolute Gasteiger partial charge is 0.309 e. The number of carboxylic acid groups (broad SMARTS) is 1. The van der Waals surface area contributed by atoms with Gasteiger partial charge in [0.2, 0.25) is 0 Å². The van der Waals surface area contributed by atoms with Gasteiger partial charge in [0.15, 0.2) is 0 Å². The molecule has 0 spiro atoms. The number of rotatable bonds is 11. The molecule has 50 heavy (non-hydrogen) atoms. The van der Waals surface area contributed by atoms with E-state index in [1.54, 1.807) is 25.6 Å². The molecule has 1 aromatic heterocycles. The normalized spacial score (nSPS) is 15.1. The summed E-state index contributed by atoms with van der Waals surface area (Å²) in [5.74, 6) is -0.0771. The lowest BCUT2D eigenvalue weighted by molar-refractivity contribution is -0.146. The minimum Gasteiger partial charge on any atom is -0.491 e. The van der Waals surface area contributed by atoms with E-state index in [0.717, 1.165) is 56.8 Å². The Hall–Kier alpha value is -4.20. The van der Waals surface area contributed by atoms with Crippen LogP contribution < -0.4 is 4.74 Å². The SMILES string of the molecule is CC(C)(C)Sc1c(CC(C)(C)C(=O)O)n(Cc2ccc(Cl)cc2)c2ccc(OCC3CCCN3C(=O)c3ccc(-c4ccccc4)cc3)cc12. The molecule has 0 bridgehead atoms. The molecule has 1 aliphatic rings. The minimum atomic E-state index is -0.973. The average molecular weight is 709 g/mol. The van der Waals surface area contributed by atoms with Gasteiger partial charge in [-0.25, -0.2) is 0 Å². The predicted molar refractivity (Wildman–Crippen MR) is 205 cm³/mol. The van der Waals surface area contributed by atoms with Crippen LogP contribution in [0.2, 0.25) is 5.02 Å². The third-order valence-electron chi connectivity index (χ3n) is 9.26. The first-order chi connectivity index (χ1) is 23.8. The zero-order chi connectivity index (χ0) is 35.6. The van der Waals surface area contributed by atoms with Crippen LogP contribution in [0.25, 0.3) is 22.0 Å². The zero-order valence-electron chi connectivity index (χ0n) is 29.4. The maximum atomic E-state index is 13.7. The maximum Gasteiger partial charge on any atom is 0.309 e. The van der Waals surface area contributed by atoms with Gasteiger partial charge in [-0.05, 0) is 85.8 Å². The van der Waals surface area contributed by atoms with Gasteiger partial charge in [-0.15, -0.1) is 11.8 Å². The molecule has 260 valence electrons. The summed E-state index contributed by atoms with van der Waals surface area (Å²) in [6.45, 7) is 11.8. The van der Waals surface area contributed by atoms with Crippen molar-refractivity contribution in [3.8, 4) is 16.9 Å². The van der Waals surface area contributed by atoms with E-state index in [4.69, 9.17) is 16.3 Å². The van der Waals surface area contributed by atoms with Gasteiger partial charge in [0.05, 0.1) is 11.5 Å². The number of thioether (sulfide) groups is 1. The van der Waals surface area contributed by atoms with Crippen molar-refractivity contribution in [1.29, 1.82) is 0 Å². The highest BCUT2D eigenvalue weighted by molar-refractivity contribution is 8.00. The Balaban J connectivity index is 1.28. The Labute approximate surface area is 304 Å². The Morgan fingerprint density at radius 3 is 2.24 bits per heavy atom. The summed E-state index contributed by atoms with van der Waals surface area (Å²) in [7, 11) is 0. The number of hydrogen-bond acceptors (Lipinski definition) is 4. The van der Waals surface area contributed by atoms with E-state index < -0.39 is 11.4 Å². The van der Waals surface area contributed by atoms with E-state index in [9.17, 15) is 14.7 Å². The number of benzene rings is 4. The van der Waals surface area contributed by atoms with E-state index in [1.807, 2.05) is 77.7 Å². The van der Waals surface area contributed by atoms with Gasteiger partial charge in [-0.3, -0.25) is 9.59 Å². The predicted octanol–water partition coefficient (Wildman–Crippen LogP) is 10.2. The van der Waals surface area contributed by atoms with Crippen molar-refractivity contribution in [2.75, 3.05) is 13.2 Å². The molecule has 0 aliphatic carbocycles. The van der Waals surface area contributed by atoms with Crippen molar-refractivity contribution in [2.24, 2.45) is 5.41 Å². The molecular weight excluding hydrogens is 664 g/mol. The van der Waals surface area contributed by atoms with Gasteiger partial charge in [-0.2, -0.15) is 0 Å². The fraction of sp³-hybridized carbons (Fsp3) is 0.333. The molecule has 1 N–H and O–H groups in total. The molecule has 4 aromatic carbocycles. The monoisotopic (exact) mass is 708 g/mol. The number of hydrogen-bond donors (Lipinski definition) is 1. The molecule has 0 radical (unpaired) electrons. The number of carbonyl (C=O) groups is 2. The number of carboxylic acids is 1. The van der Waals surface area contributed by atoms with Crippen LogP contribution in [0.3, 0.4) is 0 Å². The number of aromatic nitrogens is 1. The summed E-state index contributed by atoms with van der Waals surface area (Å²) in [6.07, 6.45) is 2.18.